The van der Waals surface area contributed by atoms with E-state index in [1.54, 1.807) is 45.2 Å². The molecule has 2 aliphatic heterocycles. The van der Waals surface area contributed by atoms with Gasteiger partial charge in [0.15, 0.2) is 5.71 Å². The predicted octanol–water partition coefficient (Wildman–Crippen LogP) is -2.64. The van der Waals surface area contributed by atoms with Crippen LogP contribution < -0.4 is 40.3 Å². The molecule has 0 saturated carbocycles. The minimum Gasteiger partial charge on any atom is -1.00 e. The summed E-state index contributed by atoms with van der Waals surface area (Å²) in [4.78, 5) is 38.0. The van der Waals surface area contributed by atoms with E-state index in [1.165, 1.54) is 16.7 Å². The van der Waals surface area contributed by atoms with Crippen LogP contribution in [0.2, 0.25) is 0 Å². The van der Waals surface area contributed by atoms with Crippen LogP contribution in [0, 0.1) is 0 Å². The molecule has 1 unspecified atom stereocenters. The Morgan fingerprint density at radius 3 is 2.48 bits per heavy atom. The van der Waals surface area contributed by atoms with Gasteiger partial charge in [-0.1, -0.05) is 30.3 Å². The molecule has 3 rings (SSSR count). The summed E-state index contributed by atoms with van der Waals surface area (Å²) in [5.41, 5.74) is 3.38. The zero-order chi connectivity index (χ0) is 19.1. The van der Waals surface area contributed by atoms with Crippen molar-refractivity contribution in [1.29, 1.82) is 0 Å². The minimum atomic E-state index is -1.04. The number of amides is 2. The average Bonchev–Trinajstić information content (AvgIpc) is 2.86. The summed E-state index contributed by atoms with van der Waals surface area (Å²) >= 11 is 1.38. The molecule has 0 spiro atoms. The molecular weight excluding hydrogens is 379 g/mol. The Kier molecular flexibility index (Phi) is 6.62. The molecular formula is C17H21N4NaO4S. The molecule has 0 radical (unpaired) electrons. The molecule has 1 aromatic rings. The van der Waals surface area contributed by atoms with Gasteiger partial charge in [-0.15, -0.1) is 11.8 Å². The first-order chi connectivity index (χ1) is 12.3. The van der Waals surface area contributed by atoms with Gasteiger partial charge >= 0.3 is 35.5 Å². The van der Waals surface area contributed by atoms with Crippen molar-refractivity contribution >= 4 is 35.3 Å². The molecule has 2 fully saturated rings. The van der Waals surface area contributed by atoms with Gasteiger partial charge in [0.05, 0.1) is 0 Å². The molecule has 0 aliphatic carbocycles. The molecule has 1 aromatic carbocycles. The van der Waals surface area contributed by atoms with Crippen LogP contribution >= 0.6 is 11.8 Å². The second-order valence-corrected chi connectivity index (χ2v) is 8.37. The third-order valence-corrected chi connectivity index (χ3v) is 6.02. The molecule has 10 heteroatoms. The van der Waals surface area contributed by atoms with Crippen molar-refractivity contribution in [3.63, 3.8) is 0 Å². The van der Waals surface area contributed by atoms with Gasteiger partial charge in [0.2, 0.25) is 5.91 Å². The number of nitrogens with one attached hydrogen (secondary N) is 2. The zero-order valence-electron chi connectivity index (χ0n) is 16.6. The molecule has 2 amide bonds. The Hall–Kier alpha value is -1.55. The van der Waals surface area contributed by atoms with Crippen molar-refractivity contribution in [2.24, 2.45) is 5.10 Å². The minimum absolute atomic E-state index is 0. The van der Waals surface area contributed by atoms with Crippen LogP contribution in [0.15, 0.2) is 35.4 Å². The Bertz CT molecular complexity index is 793. The quantitative estimate of drug-likeness (QED) is 0.216. The maximum atomic E-state index is 12.7. The normalized spacial score (nSPS) is 25.7. The molecule has 140 valence electrons. The van der Waals surface area contributed by atoms with E-state index >= 15 is 0 Å². The van der Waals surface area contributed by atoms with Gasteiger partial charge in [0, 0.05) is 17.4 Å². The summed E-state index contributed by atoms with van der Waals surface area (Å²) in [6.45, 7) is 3.58. The van der Waals surface area contributed by atoms with Crippen molar-refractivity contribution in [2.75, 3.05) is 7.05 Å². The van der Waals surface area contributed by atoms with Gasteiger partial charge in [-0.05, 0) is 13.8 Å². The average molecular weight is 400 g/mol. The van der Waals surface area contributed by atoms with Gasteiger partial charge in [-0.25, -0.2) is 4.79 Å². The van der Waals surface area contributed by atoms with Crippen molar-refractivity contribution in [2.45, 2.75) is 36.1 Å². The van der Waals surface area contributed by atoms with Gasteiger partial charge in [-0.3, -0.25) is 9.59 Å². The Labute approximate surface area is 184 Å². The number of carbonyl (C=O) groups is 3. The van der Waals surface area contributed by atoms with E-state index in [0.29, 0.717) is 5.56 Å². The monoisotopic (exact) mass is 400 g/mol. The molecule has 0 aromatic heterocycles. The van der Waals surface area contributed by atoms with Crippen molar-refractivity contribution in [3.05, 3.63) is 35.9 Å². The second-order valence-electron chi connectivity index (χ2n) is 6.60. The molecule has 2 aliphatic rings. The Morgan fingerprint density at radius 2 is 1.93 bits per heavy atom. The molecule has 2 heterocycles. The number of nitrogens with zero attached hydrogens (tertiary/aromatic N) is 2. The fourth-order valence-electron chi connectivity index (χ4n) is 3.31. The van der Waals surface area contributed by atoms with Crippen LogP contribution in [0.1, 0.15) is 20.8 Å². The maximum absolute atomic E-state index is 12.7. The number of fused-ring (bicyclic) bond motifs is 1. The van der Waals surface area contributed by atoms with Crippen LogP contribution in [0.3, 0.4) is 0 Å². The SMILES string of the molecule is CN/N=C(/C(=O)NC1C(=O)N2[C@@H]1SC(C)(C)[C@@H]2C(=O)O)c1ccccc1.[H-].[Na+]. The van der Waals surface area contributed by atoms with Gasteiger partial charge in [0.25, 0.3) is 5.91 Å². The summed E-state index contributed by atoms with van der Waals surface area (Å²) in [6, 6.07) is 7.24. The molecule has 2 saturated heterocycles. The first-order valence-electron chi connectivity index (χ1n) is 8.11. The predicted molar refractivity (Wildman–Crippen MR) is 98.8 cm³/mol. The van der Waals surface area contributed by atoms with Crippen molar-refractivity contribution < 1.29 is 50.5 Å². The number of aliphatic carboxylic acids is 1. The van der Waals surface area contributed by atoms with E-state index < -0.39 is 34.1 Å². The number of hydrogen-bond acceptors (Lipinski definition) is 6. The van der Waals surface area contributed by atoms with Crippen molar-refractivity contribution in [3.8, 4) is 0 Å². The number of carbonyl (C=O) groups excluding carboxylic acids is 2. The third kappa shape index (κ3) is 3.87. The zero-order valence-corrected chi connectivity index (χ0v) is 18.4. The second kappa shape index (κ2) is 8.22. The fraction of sp³-hybridized carbons (Fsp3) is 0.412. The van der Waals surface area contributed by atoms with Gasteiger partial charge < -0.3 is 22.2 Å². The fourth-order valence-corrected chi connectivity index (χ4v) is 4.93. The van der Waals surface area contributed by atoms with Gasteiger partial charge in [-0.2, -0.15) is 5.10 Å². The van der Waals surface area contributed by atoms with E-state index in [9.17, 15) is 19.5 Å². The van der Waals surface area contributed by atoms with Crippen LogP contribution in [0.5, 0.6) is 0 Å². The molecule has 8 nitrogen and oxygen atoms in total. The van der Waals surface area contributed by atoms with Crippen LogP contribution in [-0.2, 0) is 14.4 Å². The maximum Gasteiger partial charge on any atom is 1.00 e. The Morgan fingerprint density at radius 1 is 1.30 bits per heavy atom. The summed E-state index contributed by atoms with van der Waals surface area (Å²) in [5.74, 6) is -1.91. The van der Waals surface area contributed by atoms with E-state index in [2.05, 4.69) is 15.8 Å². The summed E-state index contributed by atoms with van der Waals surface area (Å²) < 4.78 is -0.632. The van der Waals surface area contributed by atoms with Gasteiger partial charge in [0.1, 0.15) is 17.5 Å². The molecule has 3 atom stereocenters. The number of hydrazone groups is 1. The van der Waals surface area contributed by atoms with E-state index in [-0.39, 0.29) is 42.6 Å². The summed E-state index contributed by atoms with van der Waals surface area (Å²) in [5, 5.41) is 15.8. The van der Waals surface area contributed by atoms with Crippen molar-refractivity contribution in [1.82, 2.24) is 15.6 Å². The molecule has 3 N–H and O–H groups in total. The first kappa shape index (κ1) is 21.7. The van der Waals surface area contributed by atoms with E-state index in [4.69, 9.17) is 0 Å². The summed E-state index contributed by atoms with van der Waals surface area (Å²) in [6.07, 6.45) is 0. The number of carboxylic acid groups (broad SMARTS) is 1. The van der Waals surface area contributed by atoms with Crippen LogP contribution in [-0.4, -0.2) is 62.8 Å². The number of rotatable bonds is 5. The van der Waals surface area contributed by atoms with E-state index in [1.807, 2.05) is 6.07 Å². The topological polar surface area (TPSA) is 111 Å². The largest absolute Gasteiger partial charge is 1.00 e. The standard InChI is InChI=1S/C17H20N4O4S.Na.H/c1-17(2)12(16(24)25)21-14(23)11(15(21)26-17)19-13(22)10(20-18-3)9-7-5-4-6-8-9;;/h4-8,11-12,15,18H,1-3H3,(H,19,22)(H,24,25);;/q;+1;-1/b20-10+;;/t11?,12-,15+;;/m0../s1. The Balaban J connectivity index is 0.00000196. The van der Waals surface area contributed by atoms with E-state index in [0.717, 1.165) is 0 Å². The number of carboxylic acids is 1. The van der Waals surface area contributed by atoms with Crippen LogP contribution in [0.25, 0.3) is 0 Å². The third-order valence-electron chi connectivity index (χ3n) is 4.45. The number of benzene rings is 1. The van der Waals surface area contributed by atoms with Crippen LogP contribution in [0.4, 0.5) is 0 Å². The molecule has 0 bridgehead atoms. The molecule has 27 heavy (non-hydrogen) atoms. The number of thioether (sulfide) groups is 1. The number of β-lactam (4-membered cyclic amide) rings is 1. The smallest absolute Gasteiger partial charge is 1.00 e. The first-order valence-corrected chi connectivity index (χ1v) is 8.99. The summed E-state index contributed by atoms with van der Waals surface area (Å²) in [7, 11) is 1.58. The number of hydrogen-bond donors (Lipinski definition) is 3.